The molecule has 1 aliphatic rings. The van der Waals surface area contributed by atoms with Crippen LogP contribution in [-0.2, 0) is 7.05 Å². The third-order valence-corrected chi connectivity index (χ3v) is 4.82. The van der Waals surface area contributed by atoms with Gasteiger partial charge in [-0.25, -0.2) is 0 Å². The highest BCUT2D eigenvalue weighted by atomic mass is 16.3. The Labute approximate surface area is 137 Å². The monoisotopic (exact) mass is 312 g/mol. The molecular formula is C19H24N2O2. The number of aromatic nitrogens is 1. The molecule has 1 aliphatic carbocycles. The van der Waals surface area contributed by atoms with Gasteiger partial charge in [-0.1, -0.05) is 43.2 Å². The van der Waals surface area contributed by atoms with Crippen molar-refractivity contribution in [1.82, 2.24) is 9.47 Å². The first-order valence-corrected chi connectivity index (χ1v) is 8.19. The molecule has 1 aromatic carbocycles. The molecule has 4 heteroatoms. The highest BCUT2D eigenvalue weighted by molar-refractivity contribution is 5.93. The van der Waals surface area contributed by atoms with Crippen molar-refractivity contribution in [3.8, 4) is 11.3 Å². The number of nitrogens with zero attached hydrogens (tertiary/aromatic N) is 2. The quantitative estimate of drug-likeness (QED) is 0.943. The zero-order valence-electron chi connectivity index (χ0n) is 13.8. The second kappa shape index (κ2) is 6.20. The van der Waals surface area contributed by atoms with Gasteiger partial charge in [-0.3, -0.25) is 4.79 Å². The van der Waals surface area contributed by atoms with Crippen molar-refractivity contribution in [2.75, 3.05) is 13.6 Å². The van der Waals surface area contributed by atoms with Gasteiger partial charge >= 0.3 is 0 Å². The van der Waals surface area contributed by atoms with Crippen LogP contribution in [0.5, 0.6) is 0 Å². The fraction of sp³-hybridized carbons (Fsp3) is 0.421. The van der Waals surface area contributed by atoms with Gasteiger partial charge in [-0.2, -0.15) is 0 Å². The molecule has 23 heavy (non-hydrogen) atoms. The van der Waals surface area contributed by atoms with Crippen LogP contribution in [0.3, 0.4) is 0 Å². The molecule has 0 atom stereocenters. The van der Waals surface area contributed by atoms with Gasteiger partial charge in [0.2, 0.25) is 0 Å². The molecule has 1 saturated carbocycles. The largest absolute Gasteiger partial charge is 0.388 e. The number of carbonyl (C=O) groups excluding carboxylic acids is 1. The molecule has 1 amide bonds. The minimum Gasteiger partial charge on any atom is -0.388 e. The Morgan fingerprint density at radius 3 is 2.48 bits per heavy atom. The average Bonchev–Trinajstić information content (AvgIpc) is 3.13. The molecular weight excluding hydrogens is 288 g/mol. The Bertz CT molecular complexity index is 685. The summed E-state index contributed by atoms with van der Waals surface area (Å²) >= 11 is 0. The molecule has 0 spiro atoms. The Morgan fingerprint density at radius 2 is 1.83 bits per heavy atom. The van der Waals surface area contributed by atoms with E-state index < -0.39 is 5.60 Å². The first kappa shape index (κ1) is 15.8. The minimum atomic E-state index is -0.710. The molecule has 1 aromatic heterocycles. The summed E-state index contributed by atoms with van der Waals surface area (Å²) in [5.41, 5.74) is 2.04. The zero-order valence-corrected chi connectivity index (χ0v) is 13.8. The third kappa shape index (κ3) is 3.17. The van der Waals surface area contributed by atoms with Crippen LogP contribution in [0, 0.1) is 0 Å². The molecule has 0 unspecified atom stereocenters. The fourth-order valence-corrected chi connectivity index (χ4v) is 3.52. The van der Waals surface area contributed by atoms with Gasteiger partial charge in [0.15, 0.2) is 0 Å². The van der Waals surface area contributed by atoms with Gasteiger partial charge in [0.1, 0.15) is 5.69 Å². The van der Waals surface area contributed by atoms with Crippen LogP contribution in [0.4, 0.5) is 0 Å². The van der Waals surface area contributed by atoms with Crippen LogP contribution in [0.1, 0.15) is 36.2 Å². The van der Waals surface area contributed by atoms with Crippen LogP contribution in [-0.4, -0.2) is 39.7 Å². The van der Waals surface area contributed by atoms with Gasteiger partial charge in [0.25, 0.3) is 5.91 Å². The van der Waals surface area contributed by atoms with Crippen molar-refractivity contribution < 1.29 is 9.90 Å². The number of likely N-dealkylation sites (N-methyl/N-ethyl adjacent to an activating group) is 1. The lowest BCUT2D eigenvalue weighted by atomic mass is 10.0. The molecule has 2 aromatic rings. The van der Waals surface area contributed by atoms with E-state index in [2.05, 4.69) is 0 Å². The van der Waals surface area contributed by atoms with Crippen molar-refractivity contribution in [1.29, 1.82) is 0 Å². The normalized spacial score (nSPS) is 16.5. The van der Waals surface area contributed by atoms with Crippen molar-refractivity contribution in [2.24, 2.45) is 7.05 Å². The summed E-state index contributed by atoms with van der Waals surface area (Å²) in [5.74, 6) is -0.0463. The van der Waals surface area contributed by atoms with E-state index in [4.69, 9.17) is 0 Å². The van der Waals surface area contributed by atoms with Crippen molar-refractivity contribution >= 4 is 5.91 Å². The smallest absolute Gasteiger partial charge is 0.270 e. The van der Waals surface area contributed by atoms with Crippen molar-refractivity contribution in [3.05, 3.63) is 48.2 Å². The summed E-state index contributed by atoms with van der Waals surface area (Å²) in [6.07, 6.45) is 3.65. The lowest BCUT2D eigenvalue weighted by Gasteiger charge is -2.28. The minimum absolute atomic E-state index is 0.0463. The second-order valence-electron chi connectivity index (χ2n) is 6.62. The molecule has 122 valence electrons. The van der Waals surface area contributed by atoms with E-state index in [1.54, 1.807) is 11.9 Å². The van der Waals surface area contributed by atoms with Gasteiger partial charge in [0.05, 0.1) is 5.60 Å². The number of carbonyl (C=O) groups is 1. The maximum atomic E-state index is 12.7. The number of benzene rings is 1. The SMILES string of the molecule is CN(CC1(O)CCCC1)C(=O)c1ccc(-c2ccccc2)n1C. The van der Waals surface area contributed by atoms with E-state index in [-0.39, 0.29) is 5.91 Å². The lowest BCUT2D eigenvalue weighted by molar-refractivity contribution is 0.0153. The number of hydrogen-bond acceptors (Lipinski definition) is 2. The van der Waals surface area contributed by atoms with E-state index in [1.165, 1.54) is 0 Å². The maximum absolute atomic E-state index is 12.7. The molecule has 4 nitrogen and oxygen atoms in total. The highest BCUT2D eigenvalue weighted by Crippen LogP contribution is 2.30. The summed E-state index contributed by atoms with van der Waals surface area (Å²) in [5, 5.41) is 10.5. The van der Waals surface area contributed by atoms with E-state index in [9.17, 15) is 9.90 Å². The Morgan fingerprint density at radius 1 is 1.17 bits per heavy atom. The van der Waals surface area contributed by atoms with E-state index >= 15 is 0 Å². The van der Waals surface area contributed by atoms with E-state index in [0.29, 0.717) is 12.2 Å². The third-order valence-electron chi connectivity index (χ3n) is 4.82. The summed E-state index contributed by atoms with van der Waals surface area (Å²) in [7, 11) is 3.68. The second-order valence-corrected chi connectivity index (χ2v) is 6.62. The molecule has 0 bridgehead atoms. The van der Waals surface area contributed by atoms with Crippen LogP contribution < -0.4 is 0 Å². The molecule has 1 fully saturated rings. The van der Waals surface area contributed by atoms with Gasteiger partial charge in [-0.05, 0) is 30.5 Å². The fourth-order valence-electron chi connectivity index (χ4n) is 3.52. The number of amides is 1. The van der Waals surface area contributed by atoms with E-state index in [0.717, 1.165) is 36.9 Å². The summed E-state index contributed by atoms with van der Waals surface area (Å²) in [6.45, 7) is 0.400. The predicted molar refractivity (Wildman–Crippen MR) is 91.2 cm³/mol. The predicted octanol–water partition coefficient (Wildman–Crippen LogP) is 3.07. The molecule has 0 saturated heterocycles. The molecule has 0 aliphatic heterocycles. The van der Waals surface area contributed by atoms with Crippen LogP contribution >= 0.6 is 0 Å². The zero-order chi connectivity index (χ0) is 16.4. The Balaban J connectivity index is 1.79. The first-order chi connectivity index (χ1) is 11.0. The lowest BCUT2D eigenvalue weighted by Crippen LogP contribution is -2.42. The molecule has 1 heterocycles. The number of hydrogen-bond donors (Lipinski definition) is 1. The average molecular weight is 312 g/mol. The van der Waals surface area contributed by atoms with Gasteiger partial charge in [-0.15, -0.1) is 0 Å². The summed E-state index contributed by atoms with van der Waals surface area (Å²) in [6, 6.07) is 13.9. The number of rotatable bonds is 4. The van der Waals surface area contributed by atoms with Gasteiger partial charge < -0.3 is 14.6 Å². The topological polar surface area (TPSA) is 45.5 Å². The van der Waals surface area contributed by atoms with Crippen LogP contribution in [0.2, 0.25) is 0 Å². The van der Waals surface area contributed by atoms with Crippen LogP contribution in [0.15, 0.2) is 42.5 Å². The highest BCUT2D eigenvalue weighted by Gasteiger charge is 2.34. The van der Waals surface area contributed by atoms with Crippen LogP contribution in [0.25, 0.3) is 11.3 Å². The number of aliphatic hydroxyl groups is 1. The summed E-state index contributed by atoms with van der Waals surface area (Å²) in [4.78, 5) is 14.4. The molecule has 1 N–H and O–H groups in total. The Kier molecular flexibility index (Phi) is 4.26. The van der Waals surface area contributed by atoms with Crippen molar-refractivity contribution in [3.63, 3.8) is 0 Å². The van der Waals surface area contributed by atoms with E-state index in [1.807, 2.05) is 54.1 Å². The molecule has 0 radical (unpaired) electrons. The maximum Gasteiger partial charge on any atom is 0.270 e. The van der Waals surface area contributed by atoms with Crippen molar-refractivity contribution in [2.45, 2.75) is 31.3 Å². The first-order valence-electron chi connectivity index (χ1n) is 8.19. The summed E-state index contributed by atoms with van der Waals surface area (Å²) < 4.78 is 1.92. The van der Waals surface area contributed by atoms with Gasteiger partial charge in [0, 0.05) is 26.3 Å². The Hall–Kier alpha value is -2.07. The standard InChI is InChI=1S/C19H24N2O2/c1-20(14-19(23)12-6-7-13-19)18(22)17-11-10-16(21(17)2)15-8-4-3-5-9-15/h3-5,8-11,23H,6-7,12-14H2,1-2H3. The molecule has 3 rings (SSSR count).